The lowest BCUT2D eigenvalue weighted by Crippen LogP contribution is -2.34. The van der Waals surface area contributed by atoms with Gasteiger partial charge in [0.1, 0.15) is 6.04 Å². The molecule has 0 heterocycles. The Morgan fingerprint density at radius 3 is 1.95 bits per heavy atom. The SMILES string of the molecule is CCOP(=O)(OCC)O[C@@H](C[C@H](N)C(=O)O)P(=O)(O)O. The molecule has 0 unspecified atom stereocenters. The van der Waals surface area contributed by atoms with E-state index in [9.17, 15) is 13.9 Å². The van der Waals surface area contributed by atoms with E-state index >= 15 is 0 Å². The predicted octanol–water partition coefficient (Wildman–Crippen LogP) is 0.490. The first-order valence-corrected chi connectivity index (χ1v) is 8.81. The van der Waals surface area contributed by atoms with Gasteiger partial charge >= 0.3 is 21.4 Å². The van der Waals surface area contributed by atoms with Gasteiger partial charge < -0.3 is 20.6 Å². The zero-order valence-corrected chi connectivity index (χ0v) is 12.8. The molecule has 0 amide bonds. The Labute approximate surface area is 116 Å². The molecule has 0 aromatic carbocycles. The Morgan fingerprint density at radius 2 is 1.65 bits per heavy atom. The number of nitrogens with two attached hydrogens (primary N) is 1. The lowest BCUT2D eigenvalue weighted by Gasteiger charge is -2.24. The van der Waals surface area contributed by atoms with Crippen molar-refractivity contribution < 1.29 is 42.4 Å². The highest BCUT2D eigenvalue weighted by Crippen LogP contribution is 2.57. The summed E-state index contributed by atoms with van der Waals surface area (Å²) in [5, 5.41) is 8.64. The molecule has 0 radical (unpaired) electrons. The number of hydrogen-bond donors (Lipinski definition) is 4. The maximum Gasteiger partial charge on any atom is 0.475 e. The second kappa shape index (κ2) is 8.21. The molecule has 10 nitrogen and oxygen atoms in total. The fraction of sp³-hybridized carbons (Fsp3) is 0.875. The molecule has 2 atom stereocenters. The third-order valence-electron chi connectivity index (χ3n) is 1.97. The largest absolute Gasteiger partial charge is 0.480 e. The van der Waals surface area contributed by atoms with Crippen molar-refractivity contribution in [2.45, 2.75) is 32.2 Å². The van der Waals surface area contributed by atoms with Crippen LogP contribution in [-0.2, 0) is 27.5 Å². The van der Waals surface area contributed by atoms with E-state index < -0.39 is 39.7 Å². The number of carbonyl (C=O) groups is 1. The summed E-state index contributed by atoms with van der Waals surface area (Å²) < 4.78 is 37.4. The van der Waals surface area contributed by atoms with Gasteiger partial charge in [-0.15, -0.1) is 0 Å². The highest BCUT2D eigenvalue weighted by molar-refractivity contribution is 7.54. The van der Waals surface area contributed by atoms with Crippen molar-refractivity contribution in [2.75, 3.05) is 13.2 Å². The van der Waals surface area contributed by atoms with E-state index in [1.165, 1.54) is 13.8 Å². The fourth-order valence-corrected chi connectivity index (χ4v) is 3.68. The summed E-state index contributed by atoms with van der Waals surface area (Å²) in [4.78, 5) is 28.8. The Hall–Kier alpha value is -0.310. The van der Waals surface area contributed by atoms with Crippen molar-refractivity contribution in [1.29, 1.82) is 0 Å². The second-order valence-electron chi connectivity index (χ2n) is 3.61. The predicted molar refractivity (Wildman–Crippen MR) is 68.0 cm³/mol. The summed E-state index contributed by atoms with van der Waals surface area (Å²) >= 11 is 0. The molecule has 5 N–H and O–H groups in total. The van der Waals surface area contributed by atoms with Crippen molar-refractivity contribution in [3.05, 3.63) is 0 Å². The monoisotopic (exact) mass is 335 g/mol. The minimum atomic E-state index is -4.91. The zero-order valence-electron chi connectivity index (χ0n) is 11.0. The van der Waals surface area contributed by atoms with Gasteiger partial charge in [-0.2, -0.15) is 0 Å². The Bertz CT molecular complexity index is 399. The third-order valence-corrected chi connectivity index (χ3v) is 4.87. The topological polar surface area (TPSA) is 166 Å². The number of carboxylic acid groups (broad SMARTS) is 1. The summed E-state index contributed by atoms with van der Waals surface area (Å²) in [6, 6.07) is -1.59. The van der Waals surface area contributed by atoms with Crippen molar-refractivity contribution >= 4 is 21.4 Å². The van der Waals surface area contributed by atoms with Crippen LogP contribution in [0.5, 0.6) is 0 Å². The van der Waals surface area contributed by atoms with Crippen LogP contribution >= 0.6 is 15.4 Å². The van der Waals surface area contributed by atoms with Crippen LogP contribution in [0.4, 0.5) is 0 Å². The van der Waals surface area contributed by atoms with Crippen LogP contribution in [-0.4, -0.2) is 46.0 Å². The highest BCUT2D eigenvalue weighted by atomic mass is 31.2. The van der Waals surface area contributed by atoms with Gasteiger partial charge in [0.25, 0.3) is 0 Å². The van der Waals surface area contributed by atoms with Crippen molar-refractivity contribution in [3.8, 4) is 0 Å². The molecule has 0 aliphatic carbocycles. The van der Waals surface area contributed by atoms with Crippen LogP contribution in [0.1, 0.15) is 20.3 Å². The van der Waals surface area contributed by atoms with Gasteiger partial charge in [-0.1, -0.05) is 0 Å². The average molecular weight is 335 g/mol. The molecule has 0 saturated heterocycles. The number of phosphoric ester groups is 1. The Balaban J connectivity index is 5.10. The molecular formula is C8H19NO9P2. The fourth-order valence-electron chi connectivity index (χ4n) is 1.12. The average Bonchev–Trinajstić information content (AvgIpc) is 2.27. The summed E-state index contributed by atoms with van der Waals surface area (Å²) in [7, 11) is -9.11. The molecule has 0 rings (SSSR count). The zero-order chi connectivity index (χ0) is 16.0. The molecule has 0 fully saturated rings. The molecule has 0 saturated carbocycles. The summed E-state index contributed by atoms with van der Waals surface area (Å²) in [6.07, 6.45) is -0.746. The van der Waals surface area contributed by atoms with Gasteiger partial charge in [-0.05, 0) is 13.8 Å². The van der Waals surface area contributed by atoms with E-state index in [2.05, 4.69) is 0 Å². The minimum Gasteiger partial charge on any atom is -0.480 e. The number of phosphoric acid groups is 1. The van der Waals surface area contributed by atoms with E-state index in [-0.39, 0.29) is 13.2 Å². The number of hydrogen-bond acceptors (Lipinski definition) is 7. The van der Waals surface area contributed by atoms with Crippen molar-refractivity contribution in [1.82, 2.24) is 0 Å². The first-order valence-electron chi connectivity index (χ1n) is 5.66. The molecule has 12 heteroatoms. The van der Waals surface area contributed by atoms with Gasteiger partial charge in [0.15, 0.2) is 5.85 Å². The van der Waals surface area contributed by atoms with Crippen LogP contribution in [0.15, 0.2) is 0 Å². The molecule has 0 aromatic heterocycles. The van der Waals surface area contributed by atoms with Crippen molar-refractivity contribution in [3.63, 3.8) is 0 Å². The standard InChI is InChI=1S/C8H19NO9P2/c1-3-16-20(15,17-4-2)18-7(19(12,13)14)5-6(9)8(10)11/h6-7H,3-5,9H2,1-2H3,(H,10,11)(H2,12,13,14)/t6-,7+/m0/s1. The minimum absolute atomic E-state index is 0.0872. The normalized spacial score (nSPS) is 15.8. The molecule has 0 aliphatic rings. The van der Waals surface area contributed by atoms with Crippen LogP contribution in [0, 0.1) is 0 Å². The Kier molecular flexibility index (Phi) is 8.08. The molecular weight excluding hydrogens is 316 g/mol. The lowest BCUT2D eigenvalue weighted by molar-refractivity contribution is -0.139. The summed E-state index contributed by atoms with van der Waals surface area (Å²) in [5.41, 5.74) is 5.19. The first-order chi connectivity index (χ1) is 9.05. The maximum atomic E-state index is 12.0. The Morgan fingerprint density at radius 1 is 1.20 bits per heavy atom. The lowest BCUT2D eigenvalue weighted by atomic mass is 10.2. The van der Waals surface area contributed by atoms with E-state index in [1.807, 2.05) is 0 Å². The molecule has 0 bridgehead atoms. The van der Waals surface area contributed by atoms with Crippen LogP contribution in [0.2, 0.25) is 0 Å². The van der Waals surface area contributed by atoms with Crippen LogP contribution in [0.3, 0.4) is 0 Å². The number of carboxylic acids is 1. The van der Waals surface area contributed by atoms with Crippen molar-refractivity contribution in [2.24, 2.45) is 5.73 Å². The van der Waals surface area contributed by atoms with Gasteiger partial charge in [0.2, 0.25) is 0 Å². The number of aliphatic carboxylic acids is 1. The van der Waals surface area contributed by atoms with Gasteiger partial charge in [0, 0.05) is 6.42 Å². The highest BCUT2D eigenvalue weighted by Gasteiger charge is 2.41. The molecule has 0 spiro atoms. The second-order valence-corrected chi connectivity index (χ2v) is 6.99. The molecule has 0 aromatic rings. The quantitative estimate of drug-likeness (QED) is 0.413. The van der Waals surface area contributed by atoms with Gasteiger partial charge in [-0.3, -0.25) is 22.9 Å². The molecule has 0 aliphatic heterocycles. The summed E-state index contributed by atoms with van der Waals surface area (Å²) in [6.45, 7) is 2.78. The van der Waals surface area contributed by atoms with E-state index in [4.69, 9.17) is 34.2 Å². The van der Waals surface area contributed by atoms with E-state index in [1.54, 1.807) is 0 Å². The van der Waals surface area contributed by atoms with Crippen LogP contribution < -0.4 is 5.73 Å². The third kappa shape index (κ3) is 6.92. The first kappa shape index (κ1) is 19.7. The maximum absolute atomic E-state index is 12.0. The molecule has 20 heavy (non-hydrogen) atoms. The van der Waals surface area contributed by atoms with E-state index in [0.717, 1.165) is 0 Å². The van der Waals surface area contributed by atoms with Gasteiger partial charge in [0.05, 0.1) is 13.2 Å². The number of rotatable bonds is 10. The van der Waals surface area contributed by atoms with Gasteiger partial charge in [-0.25, -0.2) is 4.57 Å². The van der Waals surface area contributed by atoms with E-state index in [0.29, 0.717) is 0 Å². The van der Waals surface area contributed by atoms with Crippen LogP contribution in [0.25, 0.3) is 0 Å². The summed E-state index contributed by atoms with van der Waals surface area (Å²) in [5.74, 6) is -3.48. The smallest absolute Gasteiger partial charge is 0.475 e. The molecule has 120 valence electrons.